The fourth-order valence-corrected chi connectivity index (χ4v) is 6.96. The minimum absolute atomic E-state index is 0.00604. The minimum Gasteiger partial charge on any atom is -0.489 e. The summed E-state index contributed by atoms with van der Waals surface area (Å²) in [5.74, 6) is 1.64. The van der Waals surface area contributed by atoms with Gasteiger partial charge in [0, 0.05) is 6.42 Å². The van der Waals surface area contributed by atoms with Gasteiger partial charge in [0.05, 0.1) is 18.4 Å². The van der Waals surface area contributed by atoms with E-state index >= 15 is 0 Å². The number of carbonyl (C=O) groups excluding carboxylic acids is 2. The van der Waals surface area contributed by atoms with Gasteiger partial charge in [0.2, 0.25) is 0 Å². The average Bonchev–Trinajstić information content (AvgIpc) is 3.00. The molecule has 0 radical (unpaired) electrons. The number of Topliss-reactive ketones (excluding diaryl/α,β-unsaturated/α-hetero) is 1. The maximum absolute atomic E-state index is 13.6. The molecule has 0 spiro atoms. The molecule has 2 aliphatic carbocycles. The Kier molecular flexibility index (Phi) is 9.15. The highest BCUT2D eigenvalue weighted by Gasteiger charge is 2.57. The molecular formula is C37H42O5. The largest absolute Gasteiger partial charge is 0.489 e. The first-order chi connectivity index (χ1) is 20.3. The van der Waals surface area contributed by atoms with Crippen molar-refractivity contribution in [2.24, 2.45) is 22.7 Å². The first kappa shape index (κ1) is 29.6. The Morgan fingerprint density at radius 1 is 0.929 bits per heavy atom. The Hall–Kier alpha value is -3.86. The predicted octanol–water partition coefficient (Wildman–Crippen LogP) is 7.91. The molecule has 42 heavy (non-hydrogen) atoms. The lowest BCUT2D eigenvalue weighted by Gasteiger charge is -2.55. The van der Waals surface area contributed by atoms with Gasteiger partial charge in [0.1, 0.15) is 30.5 Å². The first-order valence-electron chi connectivity index (χ1n) is 15.2. The highest BCUT2D eigenvalue weighted by molar-refractivity contribution is 5.92. The molecule has 0 saturated heterocycles. The van der Waals surface area contributed by atoms with Gasteiger partial charge in [-0.15, -0.1) is 0 Å². The van der Waals surface area contributed by atoms with E-state index in [0.29, 0.717) is 32.7 Å². The van der Waals surface area contributed by atoms with E-state index in [2.05, 4.69) is 50.3 Å². The molecular weight excluding hydrogens is 524 g/mol. The molecule has 0 amide bonds. The molecule has 0 aromatic heterocycles. The maximum Gasteiger partial charge on any atom is 0.307 e. The zero-order valence-corrected chi connectivity index (χ0v) is 25.0. The molecule has 5 nitrogen and oxygen atoms in total. The number of ether oxygens (including phenoxy) is 3. The zero-order chi connectivity index (χ0) is 29.6. The summed E-state index contributed by atoms with van der Waals surface area (Å²) in [6, 6.07) is 26.3. The Balaban J connectivity index is 1.48. The van der Waals surface area contributed by atoms with Crippen LogP contribution in [0.3, 0.4) is 0 Å². The molecule has 0 unspecified atom stereocenters. The molecule has 1 saturated carbocycles. The maximum atomic E-state index is 13.6. The summed E-state index contributed by atoms with van der Waals surface area (Å²) in [6.07, 6.45) is 7.20. The van der Waals surface area contributed by atoms with Gasteiger partial charge in [-0.1, -0.05) is 86.7 Å². The lowest BCUT2D eigenvalue weighted by atomic mass is 9.48. The van der Waals surface area contributed by atoms with E-state index in [-0.39, 0.29) is 35.4 Å². The summed E-state index contributed by atoms with van der Waals surface area (Å²) in [7, 11) is 0. The smallest absolute Gasteiger partial charge is 0.307 e. The number of allylic oxidation sites excluding steroid dienone is 2. The van der Waals surface area contributed by atoms with Crippen LogP contribution >= 0.6 is 0 Å². The molecule has 3 aromatic rings. The second-order valence-electron chi connectivity index (χ2n) is 12.0. The van der Waals surface area contributed by atoms with Crippen LogP contribution in [0.1, 0.15) is 63.1 Å². The number of ketones is 1. The van der Waals surface area contributed by atoms with Crippen LogP contribution in [0.2, 0.25) is 0 Å². The Labute approximate surface area is 249 Å². The number of hydrogen-bond acceptors (Lipinski definition) is 5. The molecule has 1 fully saturated rings. The van der Waals surface area contributed by atoms with Gasteiger partial charge in [0.15, 0.2) is 0 Å². The van der Waals surface area contributed by atoms with Crippen LogP contribution < -0.4 is 9.47 Å². The Morgan fingerprint density at radius 3 is 2.26 bits per heavy atom. The molecule has 0 bridgehead atoms. The lowest BCUT2D eigenvalue weighted by molar-refractivity contribution is -0.155. The molecule has 2 aliphatic rings. The lowest BCUT2D eigenvalue weighted by Crippen LogP contribution is -2.54. The zero-order valence-electron chi connectivity index (χ0n) is 25.0. The average molecular weight is 567 g/mol. The topological polar surface area (TPSA) is 61.8 Å². The number of carbonyl (C=O) groups is 2. The van der Waals surface area contributed by atoms with Crippen LogP contribution in [0.25, 0.3) is 0 Å². The van der Waals surface area contributed by atoms with Gasteiger partial charge < -0.3 is 14.2 Å². The molecule has 4 atom stereocenters. The Bertz CT molecular complexity index is 1400. The van der Waals surface area contributed by atoms with Crippen LogP contribution in [-0.4, -0.2) is 18.4 Å². The van der Waals surface area contributed by atoms with Crippen LogP contribution in [0, 0.1) is 22.7 Å². The molecule has 220 valence electrons. The minimum atomic E-state index is -0.835. The second-order valence-corrected chi connectivity index (χ2v) is 12.0. The normalized spacial score (nSPS) is 25.0. The fraction of sp³-hybridized carbons (Fsp3) is 0.405. The fourth-order valence-electron chi connectivity index (χ4n) is 6.96. The highest BCUT2D eigenvalue weighted by atomic mass is 16.5. The summed E-state index contributed by atoms with van der Waals surface area (Å²) in [5.41, 5.74) is 2.12. The van der Waals surface area contributed by atoms with E-state index in [9.17, 15) is 9.59 Å². The molecule has 5 heteroatoms. The van der Waals surface area contributed by atoms with Gasteiger partial charge in [-0.05, 0) is 78.3 Å². The molecule has 5 rings (SSSR count). The highest BCUT2D eigenvalue weighted by Crippen LogP contribution is 2.59. The van der Waals surface area contributed by atoms with E-state index in [1.165, 1.54) is 0 Å². The monoisotopic (exact) mass is 566 g/mol. The van der Waals surface area contributed by atoms with Crippen molar-refractivity contribution in [3.05, 3.63) is 108 Å². The van der Waals surface area contributed by atoms with E-state index in [4.69, 9.17) is 14.2 Å². The van der Waals surface area contributed by atoms with Crippen molar-refractivity contribution in [2.75, 3.05) is 6.61 Å². The van der Waals surface area contributed by atoms with Crippen molar-refractivity contribution in [1.29, 1.82) is 0 Å². The summed E-state index contributed by atoms with van der Waals surface area (Å²) in [4.78, 5) is 26.5. The number of benzene rings is 3. The van der Waals surface area contributed by atoms with Gasteiger partial charge in [-0.25, -0.2) is 0 Å². The van der Waals surface area contributed by atoms with Crippen LogP contribution in [0.15, 0.2) is 91.0 Å². The van der Waals surface area contributed by atoms with Crippen molar-refractivity contribution in [1.82, 2.24) is 0 Å². The van der Waals surface area contributed by atoms with E-state index in [1.807, 2.05) is 61.5 Å². The van der Waals surface area contributed by atoms with Gasteiger partial charge in [-0.3, -0.25) is 9.59 Å². The summed E-state index contributed by atoms with van der Waals surface area (Å²) >= 11 is 0. The first-order valence-corrected chi connectivity index (χ1v) is 15.2. The second kappa shape index (κ2) is 13.0. The van der Waals surface area contributed by atoms with Gasteiger partial charge >= 0.3 is 5.97 Å². The molecule has 3 aromatic carbocycles. The van der Waals surface area contributed by atoms with Gasteiger partial charge in [0.25, 0.3) is 0 Å². The Morgan fingerprint density at radius 2 is 1.60 bits per heavy atom. The number of hydrogen-bond donors (Lipinski definition) is 0. The van der Waals surface area contributed by atoms with Crippen molar-refractivity contribution < 1.29 is 23.8 Å². The summed E-state index contributed by atoms with van der Waals surface area (Å²) < 4.78 is 18.0. The van der Waals surface area contributed by atoms with Crippen molar-refractivity contribution in [3.8, 4) is 11.5 Å². The standard InChI is InChI=1S/C37H42O5/c1-4-40-35(39)24-37-21-20-27(2)36(3,33(37)16-11-17-34(37)38)23-30-22-31(41-25-28-12-7-5-8-13-28)18-19-32(30)42-26-29-14-9-6-10-15-29/h5-10,12-15,18-22,27,33H,4,11,16-17,23-26H2,1-3H3/t27-,33+,36-,37+/m1/s1. The van der Waals surface area contributed by atoms with Crippen molar-refractivity contribution >= 4 is 11.8 Å². The number of rotatable bonds is 11. The van der Waals surface area contributed by atoms with Crippen molar-refractivity contribution in [2.45, 2.75) is 66.1 Å². The third kappa shape index (κ3) is 6.30. The van der Waals surface area contributed by atoms with E-state index < -0.39 is 5.41 Å². The third-order valence-corrected chi connectivity index (χ3v) is 9.39. The van der Waals surface area contributed by atoms with E-state index in [0.717, 1.165) is 41.0 Å². The summed E-state index contributed by atoms with van der Waals surface area (Å²) in [6.45, 7) is 7.55. The van der Waals surface area contributed by atoms with Gasteiger partial charge in [-0.2, -0.15) is 0 Å². The number of fused-ring (bicyclic) bond motifs is 1. The van der Waals surface area contributed by atoms with E-state index in [1.54, 1.807) is 0 Å². The number of esters is 1. The molecule has 0 aliphatic heterocycles. The molecule has 0 heterocycles. The van der Waals surface area contributed by atoms with Crippen LogP contribution in [0.4, 0.5) is 0 Å². The quantitative estimate of drug-likeness (QED) is 0.174. The predicted molar refractivity (Wildman–Crippen MR) is 164 cm³/mol. The summed E-state index contributed by atoms with van der Waals surface area (Å²) in [5, 5.41) is 0. The molecule has 0 N–H and O–H groups in total. The van der Waals surface area contributed by atoms with Crippen molar-refractivity contribution in [3.63, 3.8) is 0 Å². The van der Waals surface area contributed by atoms with Crippen LogP contribution in [-0.2, 0) is 34.0 Å². The SMILES string of the molecule is CCOC(=O)C[C@@]12C=C[C@@H](C)[C@@](C)(Cc3cc(OCc4ccccc4)ccc3OCc3ccccc3)[C@@H]1CCCC2=O. The third-order valence-electron chi connectivity index (χ3n) is 9.39. The van der Waals surface area contributed by atoms with Crippen LogP contribution in [0.5, 0.6) is 11.5 Å².